The maximum Gasteiger partial charge on any atom is 0.118 e. The van der Waals surface area contributed by atoms with Gasteiger partial charge in [-0.1, -0.05) is 26.7 Å². The molecule has 18 heavy (non-hydrogen) atoms. The molecule has 0 bridgehead atoms. The van der Waals surface area contributed by atoms with Crippen molar-refractivity contribution in [3.63, 3.8) is 0 Å². The molecule has 100 valence electrons. The van der Waals surface area contributed by atoms with Crippen LogP contribution in [-0.2, 0) is 6.42 Å². The average Bonchev–Trinajstić information content (AvgIpc) is 2.38. The predicted octanol–water partition coefficient (Wildman–Crippen LogP) is 3.46. The molecule has 0 spiro atoms. The first kappa shape index (κ1) is 14.6. The number of unbranched alkanes of at least 4 members (excludes halogenated alkanes) is 1. The smallest absolute Gasteiger partial charge is 0.118 e. The molecule has 0 radical (unpaired) electrons. The van der Waals surface area contributed by atoms with Crippen molar-refractivity contribution in [3.8, 4) is 5.75 Å². The first-order valence-corrected chi connectivity index (χ1v) is 6.78. The lowest BCUT2D eigenvalue weighted by atomic mass is 10.00. The fourth-order valence-corrected chi connectivity index (χ4v) is 1.97. The number of aryl methyl sites for hydroxylation is 1. The summed E-state index contributed by atoms with van der Waals surface area (Å²) in [5.41, 5.74) is 6.04. The van der Waals surface area contributed by atoms with Crippen LogP contribution < -0.4 is 5.43 Å². The minimum atomic E-state index is 0.396. The summed E-state index contributed by atoms with van der Waals surface area (Å²) in [6, 6.07) is 5.79. The first-order valence-electron chi connectivity index (χ1n) is 6.78. The van der Waals surface area contributed by atoms with Crippen LogP contribution in [0.5, 0.6) is 5.75 Å². The Morgan fingerprint density at radius 2 is 2.06 bits per heavy atom. The molecule has 0 saturated heterocycles. The number of aromatic hydroxyl groups is 1. The van der Waals surface area contributed by atoms with Gasteiger partial charge in [-0.15, -0.1) is 0 Å². The van der Waals surface area contributed by atoms with Crippen LogP contribution in [0.3, 0.4) is 0 Å². The van der Waals surface area contributed by atoms with Crippen LogP contribution in [0.15, 0.2) is 23.3 Å². The largest absolute Gasteiger partial charge is 0.508 e. The molecule has 0 aliphatic carbocycles. The molecule has 3 nitrogen and oxygen atoms in total. The zero-order valence-electron chi connectivity index (χ0n) is 11.7. The Balaban J connectivity index is 2.97. The van der Waals surface area contributed by atoms with Gasteiger partial charge >= 0.3 is 0 Å². The average molecular weight is 248 g/mol. The van der Waals surface area contributed by atoms with Gasteiger partial charge in [-0.2, -0.15) is 5.10 Å². The van der Waals surface area contributed by atoms with Crippen molar-refractivity contribution in [2.75, 3.05) is 7.05 Å². The van der Waals surface area contributed by atoms with Gasteiger partial charge < -0.3 is 10.5 Å². The second kappa shape index (κ2) is 7.75. The van der Waals surface area contributed by atoms with Gasteiger partial charge in [0, 0.05) is 7.05 Å². The number of rotatable bonds is 7. The van der Waals surface area contributed by atoms with Gasteiger partial charge in [-0.05, 0) is 48.6 Å². The van der Waals surface area contributed by atoms with E-state index in [9.17, 15) is 5.11 Å². The van der Waals surface area contributed by atoms with Gasteiger partial charge in [0.15, 0.2) is 0 Å². The molecule has 0 saturated carbocycles. The molecule has 1 aromatic rings. The van der Waals surface area contributed by atoms with Crippen LogP contribution in [0.4, 0.5) is 0 Å². The van der Waals surface area contributed by atoms with Crippen LogP contribution in [-0.4, -0.2) is 17.9 Å². The van der Waals surface area contributed by atoms with E-state index < -0.39 is 0 Å². The molecule has 0 amide bonds. The highest BCUT2D eigenvalue weighted by molar-refractivity contribution is 6.00. The van der Waals surface area contributed by atoms with E-state index in [1.807, 2.05) is 13.1 Å². The Morgan fingerprint density at radius 3 is 2.67 bits per heavy atom. The minimum Gasteiger partial charge on any atom is -0.508 e. The molecular weight excluding hydrogens is 224 g/mol. The first-order chi connectivity index (χ1) is 8.72. The molecule has 0 fully saturated rings. The number of hydrogen-bond donors (Lipinski definition) is 2. The standard InChI is InChI=1S/C15H24N2O/c1-4-6-8-13-11-12(9-10-15(13)18)14(7-5-2)17-16-3/h9-11,16,18H,4-8H2,1-3H3/b17-14+. The molecule has 0 aliphatic heterocycles. The van der Waals surface area contributed by atoms with E-state index in [-0.39, 0.29) is 0 Å². The maximum absolute atomic E-state index is 9.85. The summed E-state index contributed by atoms with van der Waals surface area (Å²) in [7, 11) is 1.81. The lowest BCUT2D eigenvalue weighted by Gasteiger charge is -2.09. The SMILES string of the molecule is CCCCc1cc(/C(CCC)=N/NC)ccc1O. The topological polar surface area (TPSA) is 44.6 Å². The van der Waals surface area contributed by atoms with Gasteiger partial charge in [-0.25, -0.2) is 0 Å². The Morgan fingerprint density at radius 1 is 1.28 bits per heavy atom. The Labute approximate surface area is 110 Å². The minimum absolute atomic E-state index is 0.396. The van der Waals surface area contributed by atoms with Gasteiger partial charge in [0.1, 0.15) is 5.75 Å². The second-order valence-corrected chi connectivity index (χ2v) is 4.48. The highest BCUT2D eigenvalue weighted by Crippen LogP contribution is 2.22. The highest BCUT2D eigenvalue weighted by atomic mass is 16.3. The quantitative estimate of drug-likeness (QED) is 0.573. The highest BCUT2D eigenvalue weighted by Gasteiger charge is 2.07. The van der Waals surface area contributed by atoms with Crippen LogP contribution in [0.2, 0.25) is 0 Å². The molecule has 0 aromatic heterocycles. The summed E-state index contributed by atoms with van der Waals surface area (Å²) < 4.78 is 0. The summed E-state index contributed by atoms with van der Waals surface area (Å²) in [5, 5.41) is 14.2. The fraction of sp³-hybridized carbons (Fsp3) is 0.533. The van der Waals surface area contributed by atoms with Crippen LogP contribution in [0.25, 0.3) is 0 Å². The summed E-state index contributed by atoms with van der Waals surface area (Å²) in [4.78, 5) is 0. The summed E-state index contributed by atoms with van der Waals surface area (Å²) in [5.74, 6) is 0.396. The fourth-order valence-electron chi connectivity index (χ4n) is 1.97. The van der Waals surface area contributed by atoms with E-state index in [2.05, 4.69) is 30.4 Å². The molecule has 0 aliphatic rings. The molecule has 0 heterocycles. The van der Waals surface area contributed by atoms with E-state index in [1.54, 1.807) is 6.07 Å². The monoisotopic (exact) mass is 248 g/mol. The Kier molecular flexibility index (Phi) is 6.26. The molecule has 1 aromatic carbocycles. The van der Waals surface area contributed by atoms with E-state index in [0.29, 0.717) is 5.75 Å². The van der Waals surface area contributed by atoms with Crippen LogP contribution in [0, 0.1) is 0 Å². The Hall–Kier alpha value is -1.51. The summed E-state index contributed by atoms with van der Waals surface area (Å²) in [6.07, 6.45) is 5.17. The number of phenols is 1. The lowest BCUT2D eigenvalue weighted by Crippen LogP contribution is -2.07. The lowest BCUT2D eigenvalue weighted by molar-refractivity contribution is 0.467. The van der Waals surface area contributed by atoms with Crippen molar-refractivity contribution in [3.05, 3.63) is 29.3 Å². The van der Waals surface area contributed by atoms with Crippen molar-refractivity contribution < 1.29 is 5.11 Å². The number of nitrogens with zero attached hydrogens (tertiary/aromatic N) is 1. The second-order valence-electron chi connectivity index (χ2n) is 4.48. The number of hydrogen-bond acceptors (Lipinski definition) is 3. The van der Waals surface area contributed by atoms with Gasteiger partial charge in [0.2, 0.25) is 0 Å². The van der Waals surface area contributed by atoms with Gasteiger partial charge in [0.05, 0.1) is 5.71 Å². The number of hydrazone groups is 1. The zero-order chi connectivity index (χ0) is 13.4. The van der Waals surface area contributed by atoms with Crippen molar-refractivity contribution >= 4 is 5.71 Å². The summed E-state index contributed by atoms with van der Waals surface area (Å²) >= 11 is 0. The van der Waals surface area contributed by atoms with Crippen molar-refractivity contribution in [1.82, 2.24) is 5.43 Å². The Bertz CT molecular complexity index is 399. The van der Waals surface area contributed by atoms with E-state index in [1.165, 1.54) is 0 Å². The number of nitrogens with one attached hydrogen (secondary N) is 1. The van der Waals surface area contributed by atoms with Crippen molar-refractivity contribution in [1.29, 1.82) is 0 Å². The van der Waals surface area contributed by atoms with E-state index in [4.69, 9.17) is 0 Å². The van der Waals surface area contributed by atoms with E-state index in [0.717, 1.165) is 48.9 Å². The molecule has 2 N–H and O–H groups in total. The number of phenolic OH excluding ortho intramolecular Hbond substituents is 1. The number of benzene rings is 1. The summed E-state index contributed by atoms with van der Waals surface area (Å²) in [6.45, 7) is 4.30. The third-order valence-electron chi connectivity index (χ3n) is 2.95. The predicted molar refractivity (Wildman–Crippen MR) is 77.2 cm³/mol. The van der Waals surface area contributed by atoms with E-state index >= 15 is 0 Å². The maximum atomic E-state index is 9.85. The molecule has 3 heteroatoms. The van der Waals surface area contributed by atoms with Crippen LogP contribution >= 0.6 is 0 Å². The molecule has 1 rings (SSSR count). The van der Waals surface area contributed by atoms with Crippen molar-refractivity contribution in [2.45, 2.75) is 46.0 Å². The molecule has 0 atom stereocenters. The third kappa shape index (κ3) is 4.06. The molecule has 0 unspecified atom stereocenters. The molecular formula is C15H24N2O. The van der Waals surface area contributed by atoms with Crippen LogP contribution in [0.1, 0.15) is 50.7 Å². The van der Waals surface area contributed by atoms with Gasteiger partial charge in [-0.3, -0.25) is 0 Å². The van der Waals surface area contributed by atoms with Gasteiger partial charge in [0.25, 0.3) is 0 Å². The van der Waals surface area contributed by atoms with Crippen molar-refractivity contribution in [2.24, 2.45) is 5.10 Å². The zero-order valence-corrected chi connectivity index (χ0v) is 11.7. The normalized spacial score (nSPS) is 11.6. The third-order valence-corrected chi connectivity index (χ3v) is 2.95.